The summed E-state index contributed by atoms with van der Waals surface area (Å²) in [5.41, 5.74) is 4.45. The predicted molar refractivity (Wildman–Crippen MR) is 231 cm³/mol. The van der Waals surface area contributed by atoms with Crippen molar-refractivity contribution in [3.8, 4) is 0 Å². The van der Waals surface area contributed by atoms with Gasteiger partial charge in [-0.25, -0.2) is 0 Å². The first-order chi connectivity index (χ1) is 24.1. The van der Waals surface area contributed by atoms with Crippen molar-refractivity contribution in [1.82, 2.24) is 0 Å². The highest BCUT2D eigenvalue weighted by molar-refractivity contribution is 6.74. The summed E-state index contributed by atoms with van der Waals surface area (Å²) in [5, 5.41) is 11.6. The third kappa shape index (κ3) is 10.2. The summed E-state index contributed by atoms with van der Waals surface area (Å²) in [6.07, 6.45) is 30.7. The maximum absolute atomic E-state index is 11.3. The molecule has 52 heavy (non-hydrogen) atoms. The van der Waals surface area contributed by atoms with Crippen LogP contribution in [0.4, 0.5) is 0 Å². The zero-order valence-corrected chi connectivity index (χ0v) is 38.3. The lowest BCUT2D eigenvalue weighted by molar-refractivity contribution is 0.0969. The van der Waals surface area contributed by atoms with Gasteiger partial charge in [0.05, 0.1) is 18.3 Å². The fourth-order valence-electron chi connectivity index (χ4n) is 9.23. The van der Waals surface area contributed by atoms with Crippen LogP contribution < -0.4 is 0 Å². The summed E-state index contributed by atoms with van der Waals surface area (Å²) in [6.45, 7) is 35.5. The molecule has 0 unspecified atom stereocenters. The zero-order valence-electron chi connectivity index (χ0n) is 36.3. The minimum atomic E-state index is -2.00. The summed E-state index contributed by atoms with van der Waals surface area (Å²) in [7, 11) is -3.94. The van der Waals surface area contributed by atoms with Crippen molar-refractivity contribution in [2.24, 2.45) is 28.6 Å². The van der Waals surface area contributed by atoms with Gasteiger partial charge in [0.1, 0.15) is 0 Å². The molecule has 4 rings (SSSR count). The van der Waals surface area contributed by atoms with E-state index in [2.05, 4.69) is 125 Å². The second kappa shape index (κ2) is 17.0. The third-order valence-electron chi connectivity index (χ3n) is 15.1. The van der Waals surface area contributed by atoms with Gasteiger partial charge in [-0.2, -0.15) is 0 Å². The van der Waals surface area contributed by atoms with Gasteiger partial charge in [-0.05, 0) is 135 Å². The fourth-order valence-corrected chi connectivity index (χ4v) is 11.9. The van der Waals surface area contributed by atoms with Gasteiger partial charge in [0.2, 0.25) is 0 Å². The quantitative estimate of drug-likeness (QED) is 0.103. The number of aliphatic hydroxyl groups is 1. The molecule has 296 valence electrons. The molecule has 4 aliphatic rings. The topological polar surface area (TPSA) is 38.7 Å². The molecule has 0 aromatic rings. The first-order valence-corrected chi connectivity index (χ1v) is 27.4. The van der Waals surface area contributed by atoms with Gasteiger partial charge in [-0.15, -0.1) is 0 Å². The number of aliphatic hydroxyl groups excluding tert-OH is 1. The van der Waals surface area contributed by atoms with E-state index in [1.807, 2.05) is 0 Å². The van der Waals surface area contributed by atoms with Crippen LogP contribution in [0.1, 0.15) is 152 Å². The van der Waals surface area contributed by atoms with E-state index >= 15 is 0 Å². The third-order valence-corrected chi connectivity index (χ3v) is 24.1. The Morgan fingerprint density at radius 3 is 2.17 bits per heavy atom. The summed E-state index contributed by atoms with van der Waals surface area (Å²) >= 11 is 0. The van der Waals surface area contributed by atoms with Crippen LogP contribution >= 0.6 is 0 Å². The van der Waals surface area contributed by atoms with Gasteiger partial charge in [0.25, 0.3) is 0 Å². The normalized spacial score (nSPS) is 31.5. The van der Waals surface area contributed by atoms with Crippen LogP contribution in [0.25, 0.3) is 0 Å². The van der Waals surface area contributed by atoms with Crippen molar-refractivity contribution < 1.29 is 14.0 Å². The molecule has 0 heterocycles. The first-order valence-electron chi connectivity index (χ1n) is 21.6. The Bertz CT molecular complexity index is 1330. The standard InChI is InChI=1S/C47H82O3Si2/c1-15-16-17-18-19-20-30-47(31-32-47)43(48)28-23-35(2)40-26-27-41-37(22-21-29-46(40,41)10)24-25-38-33-39(49-51(11,12)44(4,5)6)34-42(36(38)3)50-52(13,14)45(7,8)9/h20,23-25,28,30,35,39-43,48H,3,15-19,21-22,26-27,29,31-34H2,1-2,4-14H3/t35-,39-,40-,41+,42+,43+,46-/m1/s1. The van der Waals surface area contributed by atoms with E-state index in [1.54, 1.807) is 5.57 Å². The molecular weight excluding hydrogens is 669 g/mol. The van der Waals surface area contributed by atoms with E-state index in [9.17, 15) is 5.11 Å². The van der Waals surface area contributed by atoms with Gasteiger partial charge in [-0.1, -0.05) is 130 Å². The summed E-state index contributed by atoms with van der Waals surface area (Å²) < 4.78 is 14.2. The van der Waals surface area contributed by atoms with Crippen LogP contribution in [0.3, 0.4) is 0 Å². The molecule has 4 saturated carbocycles. The molecule has 0 aromatic heterocycles. The molecule has 0 bridgehead atoms. The van der Waals surface area contributed by atoms with E-state index in [0.29, 0.717) is 23.2 Å². The predicted octanol–water partition coefficient (Wildman–Crippen LogP) is 14.0. The van der Waals surface area contributed by atoms with Gasteiger partial charge < -0.3 is 14.0 Å². The molecule has 3 nitrogen and oxygen atoms in total. The lowest BCUT2D eigenvalue weighted by atomic mass is 9.61. The molecular formula is C47H82O3Si2. The van der Waals surface area contributed by atoms with Gasteiger partial charge in [-0.3, -0.25) is 0 Å². The van der Waals surface area contributed by atoms with Crippen LogP contribution in [0.5, 0.6) is 0 Å². The average molecular weight is 751 g/mol. The van der Waals surface area contributed by atoms with E-state index in [1.165, 1.54) is 68.9 Å². The Labute approximate surface area is 324 Å². The summed E-state index contributed by atoms with van der Waals surface area (Å²) in [4.78, 5) is 0. The van der Waals surface area contributed by atoms with Crippen LogP contribution in [0.15, 0.2) is 59.8 Å². The Morgan fingerprint density at radius 2 is 1.56 bits per heavy atom. The SMILES string of the molecule is C=C1C(=CC=C2CCC[C@]3(C)[C@@H]([C@H](C)C=C[C@H](O)C4(C=CCCCCCC)CC4)CC[C@@H]23)C[C@@H](O[Si](C)(C)C(C)(C)C)C[C@@H]1O[Si](C)(C)C(C)(C)C. The molecule has 7 atom stereocenters. The van der Waals surface area contributed by atoms with E-state index in [-0.39, 0.29) is 33.8 Å². The molecule has 0 aromatic carbocycles. The van der Waals surface area contributed by atoms with Crippen molar-refractivity contribution in [1.29, 1.82) is 0 Å². The van der Waals surface area contributed by atoms with Crippen molar-refractivity contribution in [2.75, 3.05) is 0 Å². The monoisotopic (exact) mass is 751 g/mol. The number of rotatable bonds is 15. The largest absolute Gasteiger partial charge is 0.413 e. The smallest absolute Gasteiger partial charge is 0.192 e. The molecule has 0 radical (unpaired) electrons. The Balaban J connectivity index is 1.49. The zero-order chi connectivity index (χ0) is 38.8. The number of unbranched alkanes of at least 4 members (excludes halogenated alkanes) is 4. The van der Waals surface area contributed by atoms with Crippen LogP contribution in [-0.4, -0.2) is 40.1 Å². The van der Waals surface area contributed by atoms with Crippen LogP contribution in [-0.2, 0) is 8.85 Å². The van der Waals surface area contributed by atoms with Gasteiger partial charge >= 0.3 is 0 Å². The molecule has 5 heteroatoms. The van der Waals surface area contributed by atoms with Gasteiger partial charge in [0.15, 0.2) is 16.6 Å². The molecule has 4 aliphatic carbocycles. The first kappa shape index (κ1) is 43.7. The molecule has 1 N–H and O–H groups in total. The molecule has 4 fully saturated rings. The lowest BCUT2D eigenvalue weighted by Gasteiger charge is -2.45. The lowest BCUT2D eigenvalue weighted by Crippen LogP contribution is -2.49. The van der Waals surface area contributed by atoms with E-state index < -0.39 is 16.6 Å². The van der Waals surface area contributed by atoms with Crippen LogP contribution in [0, 0.1) is 28.6 Å². The summed E-state index contributed by atoms with van der Waals surface area (Å²) in [5.74, 6) is 1.75. The molecule has 0 amide bonds. The molecule has 0 saturated heterocycles. The highest BCUT2D eigenvalue weighted by atomic mass is 28.4. The minimum Gasteiger partial charge on any atom is -0.413 e. The van der Waals surface area contributed by atoms with Crippen molar-refractivity contribution in [2.45, 2.75) is 207 Å². The van der Waals surface area contributed by atoms with E-state index in [4.69, 9.17) is 15.4 Å². The minimum absolute atomic E-state index is 0.00999. The second-order valence-corrected chi connectivity index (χ2v) is 30.5. The fraction of sp³-hybridized carbons (Fsp3) is 0.787. The Morgan fingerprint density at radius 1 is 0.904 bits per heavy atom. The van der Waals surface area contributed by atoms with E-state index in [0.717, 1.165) is 32.1 Å². The van der Waals surface area contributed by atoms with Crippen molar-refractivity contribution in [3.63, 3.8) is 0 Å². The molecule has 0 aliphatic heterocycles. The van der Waals surface area contributed by atoms with Crippen molar-refractivity contribution in [3.05, 3.63) is 59.8 Å². The van der Waals surface area contributed by atoms with Gasteiger partial charge in [0, 0.05) is 11.8 Å². The second-order valence-electron chi connectivity index (χ2n) is 21.0. The number of allylic oxidation sites excluding steroid dienone is 5. The highest BCUT2D eigenvalue weighted by Gasteiger charge is 2.51. The number of hydrogen-bond donors (Lipinski definition) is 1. The maximum atomic E-state index is 11.3. The van der Waals surface area contributed by atoms with Crippen LogP contribution in [0.2, 0.25) is 36.3 Å². The number of fused-ring (bicyclic) bond motifs is 1. The average Bonchev–Trinajstić information content (AvgIpc) is 3.74. The molecule has 0 spiro atoms. The summed E-state index contributed by atoms with van der Waals surface area (Å²) in [6, 6.07) is 0. The highest BCUT2D eigenvalue weighted by Crippen LogP contribution is 2.60. The number of hydrogen-bond acceptors (Lipinski definition) is 3. The van der Waals surface area contributed by atoms with Crippen molar-refractivity contribution >= 4 is 16.6 Å². The Kier molecular flexibility index (Phi) is 14.3. The maximum Gasteiger partial charge on any atom is 0.192 e. The Hall–Kier alpha value is -0.986.